The molecule has 0 radical (unpaired) electrons. The second-order valence-electron chi connectivity index (χ2n) is 6.81. The number of nitrogens with two attached hydrogens (primary N) is 1. The quantitative estimate of drug-likeness (QED) is 0.597. The van der Waals surface area contributed by atoms with Gasteiger partial charge in [0.2, 0.25) is 5.95 Å². The van der Waals surface area contributed by atoms with Crippen LogP contribution < -0.4 is 5.73 Å². The van der Waals surface area contributed by atoms with Crippen LogP contribution >= 0.6 is 0 Å². The molecule has 0 atom stereocenters. The van der Waals surface area contributed by atoms with E-state index in [9.17, 15) is 21.6 Å². The van der Waals surface area contributed by atoms with Crippen molar-refractivity contribution >= 4 is 21.8 Å². The first-order valence-corrected chi connectivity index (χ1v) is 10.7. The fraction of sp³-hybridized carbons (Fsp3) is 0.200. The fourth-order valence-electron chi connectivity index (χ4n) is 2.71. The number of nitrogens with zero attached hydrogens (tertiary/aromatic N) is 3. The number of anilines is 1. The lowest BCUT2D eigenvalue weighted by atomic mass is 10.1. The number of pyridine rings is 1. The third-order valence-corrected chi connectivity index (χ3v) is 6.76. The van der Waals surface area contributed by atoms with Crippen molar-refractivity contribution in [2.45, 2.75) is 29.2 Å². The summed E-state index contributed by atoms with van der Waals surface area (Å²) in [7, 11) is -3.27. The fourth-order valence-corrected chi connectivity index (χ4v) is 4.58. The molecule has 3 N–H and O–H groups in total. The molecule has 1 aliphatic carbocycles. The van der Waals surface area contributed by atoms with Crippen LogP contribution in [0.1, 0.15) is 12.8 Å². The van der Waals surface area contributed by atoms with Crippen LogP contribution in [0, 0.1) is 0 Å². The van der Waals surface area contributed by atoms with Crippen LogP contribution in [-0.2, 0) is 14.6 Å². The standard InChI is InChI=1S/C18H16N4O2S.C2HF3O2/c19-18-21-10-13(11-22-18)16-8-5-12(9-20-16)15-3-1-2-4-17(15)25(23,24)14-6-7-14;3-2(4,5)1(6)7/h1-5,8-11,14H,6-7H2,(H2,19,21,22);(H,6,7). The molecule has 1 saturated carbocycles. The smallest absolute Gasteiger partial charge is 0.475 e. The summed E-state index contributed by atoms with van der Waals surface area (Å²) in [5.74, 6) is -2.55. The molecule has 8 nitrogen and oxygen atoms in total. The highest BCUT2D eigenvalue weighted by molar-refractivity contribution is 7.92. The van der Waals surface area contributed by atoms with Gasteiger partial charge >= 0.3 is 12.1 Å². The van der Waals surface area contributed by atoms with Gasteiger partial charge in [-0.05, 0) is 25.0 Å². The van der Waals surface area contributed by atoms with E-state index in [2.05, 4.69) is 15.0 Å². The van der Waals surface area contributed by atoms with E-state index in [0.29, 0.717) is 16.2 Å². The number of hydrogen-bond acceptors (Lipinski definition) is 7. The van der Waals surface area contributed by atoms with Gasteiger partial charge in [0.05, 0.1) is 15.8 Å². The van der Waals surface area contributed by atoms with Gasteiger partial charge in [0, 0.05) is 35.3 Å². The molecular formula is C20H17F3N4O4S. The van der Waals surface area contributed by atoms with E-state index < -0.39 is 22.0 Å². The maximum Gasteiger partial charge on any atom is 0.490 e. The Morgan fingerprint density at radius 1 is 0.969 bits per heavy atom. The van der Waals surface area contributed by atoms with Gasteiger partial charge in [-0.3, -0.25) is 4.98 Å². The Morgan fingerprint density at radius 2 is 1.53 bits per heavy atom. The van der Waals surface area contributed by atoms with Crippen molar-refractivity contribution in [3.63, 3.8) is 0 Å². The van der Waals surface area contributed by atoms with Crippen molar-refractivity contribution in [3.8, 4) is 22.4 Å². The van der Waals surface area contributed by atoms with Gasteiger partial charge in [0.1, 0.15) is 0 Å². The molecule has 12 heteroatoms. The topological polar surface area (TPSA) is 136 Å². The lowest BCUT2D eigenvalue weighted by molar-refractivity contribution is -0.192. The number of benzene rings is 1. The number of aromatic nitrogens is 3. The number of halogens is 3. The molecular weight excluding hydrogens is 449 g/mol. The molecule has 0 amide bonds. The zero-order valence-electron chi connectivity index (χ0n) is 16.3. The zero-order chi connectivity index (χ0) is 23.5. The third-order valence-electron chi connectivity index (χ3n) is 4.44. The Morgan fingerprint density at radius 3 is 2.03 bits per heavy atom. The highest BCUT2D eigenvalue weighted by Crippen LogP contribution is 2.37. The van der Waals surface area contributed by atoms with Crippen LogP contribution in [-0.4, -0.2) is 45.9 Å². The second kappa shape index (κ2) is 8.91. The summed E-state index contributed by atoms with van der Waals surface area (Å²) in [6.45, 7) is 0. The van der Waals surface area contributed by atoms with Gasteiger partial charge in [-0.25, -0.2) is 23.2 Å². The van der Waals surface area contributed by atoms with Crippen molar-refractivity contribution in [3.05, 3.63) is 55.0 Å². The summed E-state index contributed by atoms with van der Waals surface area (Å²) < 4.78 is 57.1. The Hall–Kier alpha value is -3.54. The molecule has 0 spiro atoms. The minimum atomic E-state index is -5.08. The van der Waals surface area contributed by atoms with Crippen LogP contribution in [0.15, 0.2) is 59.9 Å². The molecule has 168 valence electrons. The van der Waals surface area contributed by atoms with Gasteiger partial charge < -0.3 is 10.8 Å². The van der Waals surface area contributed by atoms with E-state index in [1.165, 1.54) is 0 Å². The molecule has 2 heterocycles. The molecule has 0 bridgehead atoms. The van der Waals surface area contributed by atoms with Crippen LogP contribution in [0.2, 0.25) is 0 Å². The number of rotatable bonds is 4. The number of carbonyl (C=O) groups is 1. The maximum atomic E-state index is 12.7. The van der Waals surface area contributed by atoms with Gasteiger partial charge in [-0.2, -0.15) is 13.2 Å². The zero-order valence-corrected chi connectivity index (χ0v) is 17.1. The number of sulfone groups is 1. The van der Waals surface area contributed by atoms with Crippen molar-refractivity contribution in [1.29, 1.82) is 0 Å². The average molecular weight is 466 g/mol. The highest BCUT2D eigenvalue weighted by atomic mass is 32.2. The predicted octanol–water partition coefficient (Wildman–Crippen LogP) is 3.36. The summed E-state index contributed by atoms with van der Waals surface area (Å²) in [6, 6.07) is 10.8. The molecule has 2 aromatic heterocycles. The first-order chi connectivity index (χ1) is 15.0. The Labute approximate surface area is 180 Å². The average Bonchev–Trinajstić information content (AvgIpc) is 3.60. The van der Waals surface area contributed by atoms with Gasteiger partial charge in [0.15, 0.2) is 9.84 Å². The van der Waals surface area contributed by atoms with Crippen molar-refractivity contribution in [1.82, 2.24) is 15.0 Å². The first kappa shape index (κ1) is 23.1. The minimum absolute atomic E-state index is 0.208. The highest BCUT2D eigenvalue weighted by Gasteiger charge is 2.38. The van der Waals surface area contributed by atoms with Crippen molar-refractivity contribution in [2.75, 3.05) is 5.73 Å². The van der Waals surface area contributed by atoms with Gasteiger partial charge in [-0.15, -0.1) is 0 Å². The molecule has 4 rings (SSSR count). The number of nitrogen functional groups attached to an aromatic ring is 1. The maximum absolute atomic E-state index is 12.7. The summed E-state index contributed by atoms with van der Waals surface area (Å²) in [4.78, 5) is 21.6. The monoisotopic (exact) mass is 466 g/mol. The summed E-state index contributed by atoms with van der Waals surface area (Å²) in [6.07, 6.45) is 1.29. The second-order valence-corrected chi connectivity index (χ2v) is 9.00. The largest absolute Gasteiger partial charge is 0.490 e. The number of alkyl halides is 3. The minimum Gasteiger partial charge on any atom is -0.475 e. The lowest BCUT2D eigenvalue weighted by Gasteiger charge is -2.10. The Bertz CT molecular complexity index is 1210. The first-order valence-electron chi connectivity index (χ1n) is 9.17. The molecule has 1 fully saturated rings. The SMILES string of the molecule is Nc1ncc(-c2ccc(-c3ccccc3S(=O)(=O)C3CC3)cn2)cn1.O=C(O)C(F)(F)F. The van der Waals surface area contributed by atoms with E-state index in [1.54, 1.807) is 30.7 Å². The van der Waals surface area contributed by atoms with E-state index in [-0.39, 0.29) is 11.2 Å². The predicted molar refractivity (Wildman–Crippen MR) is 109 cm³/mol. The van der Waals surface area contributed by atoms with E-state index >= 15 is 0 Å². The summed E-state index contributed by atoms with van der Waals surface area (Å²) >= 11 is 0. The molecule has 3 aromatic rings. The van der Waals surface area contributed by atoms with Crippen molar-refractivity contribution in [2.24, 2.45) is 0 Å². The lowest BCUT2D eigenvalue weighted by Crippen LogP contribution is -2.21. The van der Waals surface area contributed by atoms with E-state index in [4.69, 9.17) is 15.6 Å². The van der Waals surface area contributed by atoms with Crippen LogP contribution in [0.3, 0.4) is 0 Å². The Balaban J connectivity index is 0.000000360. The summed E-state index contributed by atoms with van der Waals surface area (Å²) in [5, 5.41) is 6.88. The molecule has 32 heavy (non-hydrogen) atoms. The molecule has 0 unspecified atom stereocenters. The number of hydrogen-bond donors (Lipinski definition) is 2. The van der Waals surface area contributed by atoms with Crippen LogP contribution in [0.25, 0.3) is 22.4 Å². The van der Waals surface area contributed by atoms with E-state index in [1.807, 2.05) is 24.3 Å². The van der Waals surface area contributed by atoms with Gasteiger partial charge in [-0.1, -0.05) is 24.3 Å². The third kappa shape index (κ3) is 5.38. The molecule has 1 aromatic carbocycles. The normalized spacial score (nSPS) is 13.7. The Kier molecular flexibility index (Phi) is 6.44. The van der Waals surface area contributed by atoms with Crippen molar-refractivity contribution < 1.29 is 31.5 Å². The van der Waals surface area contributed by atoms with Crippen LogP contribution in [0.4, 0.5) is 19.1 Å². The molecule has 0 saturated heterocycles. The molecule has 1 aliphatic rings. The number of aliphatic carboxylic acids is 1. The van der Waals surface area contributed by atoms with Gasteiger partial charge in [0.25, 0.3) is 0 Å². The number of carboxylic acids is 1. The van der Waals surface area contributed by atoms with Crippen LogP contribution in [0.5, 0.6) is 0 Å². The summed E-state index contributed by atoms with van der Waals surface area (Å²) in [5.41, 5.74) is 8.39. The molecule has 0 aliphatic heterocycles. The van der Waals surface area contributed by atoms with E-state index in [0.717, 1.165) is 24.0 Å². The number of carboxylic acid groups (broad SMARTS) is 1.